The maximum atomic E-state index is 3.40. The molecule has 0 amide bonds. The van der Waals surface area contributed by atoms with E-state index >= 15 is 0 Å². The highest BCUT2D eigenvalue weighted by Gasteiger charge is 2.17. The summed E-state index contributed by atoms with van der Waals surface area (Å²) in [5.41, 5.74) is 4.09. The maximum absolute atomic E-state index is 3.40. The van der Waals surface area contributed by atoms with Crippen LogP contribution >= 0.6 is 0 Å². The Balaban J connectivity index is 1.95. The summed E-state index contributed by atoms with van der Waals surface area (Å²) in [7, 11) is 0. The molecule has 0 radical (unpaired) electrons. The van der Waals surface area contributed by atoms with Crippen molar-refractivity contribution in [3.63, 3.8) is 0 Å². The van der Waals surface area contributed by atoms with Gasteiger partial charge >= 0.3 is 0 Å². The third-order valence-corrected chi connectivity index (χ3v) is 3.55. The molecule has 1 fully saturated rings. The second kappa shape index (κ2) is 5.02. The van der Waals surface area contributed by atoms with Crippen molar-refractivity contribution < 1.29 is 0 Å². The number of rotatable bonds is 3. The second-order valence-corrected chi connectivity index (χ2v) is 4.94. The van der Waals surface area contributed by atoms with Gasteiger partial charge in [-0.3, -0.25) is 4.90 Å². The summed E-state index contributed by atoms with van der Waals surface area (Å²) in [5, 5.41) is 3.40. The van der Waals surface area contributed by atoms with E-state index in [1.54, 1.807) is 0 Å². The van der Waals surface area contributed by atoms with Crippen molar-refractivity contribution in [2.24, 2.45) is 0 Å². The monoisotopic (exact) mass is 221 g/mol. The fraction of sp³-hybridized carbons (Fsp3) is 0.692. The number of aryl methyl sites for hydroxylation is 2. The van der Waals surface area contributed by atoms with Crippen molar-refractivity contribution >= 4 is 0 Å². The molecule has 2 heterocycles. The molecule has 1 atom stereocenters. The summed E-state index contributed by atoms with van der Waals surface area (Å²) in [4.78, 5) is 5.97. The van der Waals surface area contributed by atoms with Gasteiger partial charge in [0.15, 0.2) is 0 Å². The number of hydrogen-bond donors (Lipinski definition) is 2. The van der Waals surface area contributed by atoms with Crippen LogP contribution in [-0.2, 0) is 6.42 Å². The SMILES string of the molecule is Cc1cc(CC(C)N2CCNCC2)c(C)[nH]1. The van der Waals surface area contributed by atoms with Crippen LogP contribution in [0.1, 0.15) is 23.9 Å². The van der Waals surface area contributed by atoms with Crippen molar-refractivity contribution in [1.82, 2.24) is 15.2 Å². The molecule has 3 nitrogen and oxygen atoms in total. The first kappa shape index (κ1) is 11.7. The lowest BCUT2D eigenvalue weighted by molar-refractivity contribution is 0.183. The smallest absolute Gasteiger partial charge is 0.0150 e. The normalized spacial score (nSPS) is 19.9. The third kappa shape index (κ3) is 2.66. The molecule has 2 N–H and O–H groups in total. The van der Waals surface area contributed by atoms with Crippen LogP contribution in [0.2, 0.25) is 0 Å². The predicted octanol–water partition coefficient (Wildman–Crippen LogP) is 1.47. The van der Waals surface area contributed by atoms with Gasteiger partial charge in [0.2, 0.25) is 0 Å². The number of piperazine rings is 1. The molecule has 1 aliphatic heterocycles. The van der Waals surface area contributed by atoms with Gasteiger partial charge in [0, 0.05) is 43.6 Å². The summed E-state index contributed by atoms with van der Waals surface area (Å²) in [6.07, 6.45) is 1.16. The molecule has 3 heteroatoms. The van der Waals surface area contributed by atoms with Crippen LogP contribution in [0.15, 0.2) is 6.07 Å². The molecule has 1 aliphatic rings. The highest BCUT2D eigenvalue weighted by Crippen LogP contribution is 2.14. The summed E-state index contributed by atoms with van der Waals surface area (Å²) in [5.74, 6) is 0. The van der Waals surface area contributed by atoms with Gasteiger partial charge in [0.1, 0.15) is 0 Å². The molecule has 2 rings (SSSR count). The second-order valence-electron chi connectivity index (χ2n) is 4.94. The molecule has 1 saturated heterocycles. The summed E-state index contributed by atoms with van der Waals surface area (Å²) in [6, 6.07) is 2.93. The topological polar surface area (TPSA) is 31.1 Å². The number of nitrogens with one attached hydrogen (secondary N) is 2. The van der Waals surface area contributed by atoms with Crippen molar-refractivity contribution in [2.45, 2.75) is 33.2 Å². The van der Waals surface area contributed by atoms with Gasteiger partial charge in [-0.05, 0) is 38.8 Å². The minimum Gasteiger partial charge on any atom is -0.362 e. The average molecular weight is 221 g/mol. The quantitative estimate of drug-likeness (QED) is 0.810. The molecule has 0 spiro atoms. The maximum Gasteiger partial charge on any atom is 0.0150 e. The lowest BCUT2D eigenvalue weighted by Crippen LogP contribution is -2.48. The van der Waals surface area contributed by atoms with E-state index in [-0.39, 0.29) is 0 Å². The molecule has 16 heavy (non-hydrogen) atoms. The first-order chi connectivity index (χ1) is 7.66. The fourth-order valence-electron chi connectivity index (χ4n) is 2.56. The largest absolute Gasteiger partial charge is 0.362 e. The van der Waals surface area contributed by atoms with Gasteiger partial charge in [-0.2, -0.15) is 0 Å². The fourth-order valence-corrected chi connectivity index (χ4v) is 2.56. The van der Waals surface area contributed by atoms with E-state index in [0.29, 0.717) is 6.04 Å². The van der Waals surface area contributed by atoms with Crippen molar-refractivity contribution in [2.75, 3.05) is 26.2 Å². The van der Waals surface area contributed by atoms with E-state index in [4.69, 9.17) is 0 Å². The highest BCUT2D eigenvalue weighted by atomic mass is 15.2. The van der Waals surface area contributed by atoms with Gasteiger partial charge < -0.3 is 10.3 Å². The Bertz CT molecular complexity index is 337. The van der Waals surface area contributed by atoms with Crippen molar-refractivity contribution in [3.8, 4) is 0 Å². The minimum atomic E-state index is 0.649. The molecule has 0 aromatic carbocycles. The lowest BCUT2D eigenvalue weighted by Gasteiger charge is -2.32. The van der Waals surface area contributed by atoms with Gasteiger partial charge in [0.05, 0.1) is 0 Å². The Morgan fingerprint density at radius 1 is 1.31 bits per heavy atom. The Labute approximate surface area is 98.2 Å². The number of hydrogen-bond acceptors (Lipinski definition) is 2. The molecule has 0 bridgehead atoms. The Morgan fingerprint density at radius 3 is 2.56 bits per heavy atom. The van der Waals surface area contributed by atoms with Crippen LogP contribution in [0.4, 0.5) is 0 Å². The molecular formula is C13H23N3. The third-order valence-electron chi connectivity index (χ3n) is 3.55. The number of nitrogens with zero attached hydrogens (tertiary/aromatic N) is 1. The summed E-state index contributed by atoms with van der Waals surface area (Å²) < 4.78 is 0. The van der Waals surface area contributed by atoms with E-state index in [1.807, 2.05) is 0 Å². The molecule has 1 aromatic rings. The molecule has 1 aromatic heterocycles. The number of aromatic amines is 1. The average Bonchev–Trinajstić information content (AvgIpc) is 2.59. The zero-order valence-electron chi connectivity index (χ0n) is 10.6. The van der Waals surface area contributed by atoms with E-state index in [9.17, 15) is 0 Å². The zero-order chi connectivity index (χ0) is 11.5. The minimum absolute atomic E-state index is 0.649. The highest BCUT2D eigenvalue weighted by molar-refractivity contribution is 5.25. The van der Waals surface area contributed by atoms with Crippen LogP contribution in [0.25, 0.3) is 0 Å². The summed E-state index contributed by atoms with van der Waals surface area (Å²) in [6.45, 7) is 11.3. The van der Waals surface area contributed by atoms with Crippen molar-refractivity contribution in [1.29, 1.82) is 0 Å². The molecule has 90 valence electrons. The Kier molecular flexibility index (Phi) is 3.66. The lowest BCUT2D eigenvalue weighted by atomic mass is 10.1. The number of aromatic nitrogens is 1. The van der Waals surface area contributed by atoms with Crippen LogP contribution < -0.4 is 5.32 Å². The Morgan fingerprint density at radius 2 is 2.00 bits per heavy atom. The van der Waals surface area contributed by atoms with Gasteiger partial charge in [0.25, 0.3) is 0 Å². The molecule has 0 saturated carbocycles. The first-order valence-electron chi connectivity index (χ1n) is 6.26. The van der Waals surface area contributed by atoms with Crippen molar-refractivity contribution in [3.05, 3.63) is 23.0 Å². The van der Waals surface area contributed by atoms with E-state index < -0.39 is 0 Å². The predicted molar refractivity (Wildman–Crippen MR) is 67.9 cm³/mol. The number of H-pyrrole nitrogens is 1. The standard InChI is InChI=1S/C13H23N3/c1-10-8-13(12(3)15-10)9-11(2)16-6-4-14-5-7-16/h8,11,14-15H,4-7,9H2,1-3H3. The summed E-state index contributed by atoms with van der Waals surface area (Å²) >= 11 is 0. The van der Waals surface area contributed by atoms with E-state index in [2.05, 4.69) is 42.0 Å². The van der Waals surface area contributed by atoms with Gasteiger partial charge in [-0.15, -0.1) is 0 Å². The molecular weight excluding hydrogens is 198 g/mol. The van der Waals surface area contributed by atoms with E-state index in [1.165, 1.54) is 30.0 Å². The van der Waals surface area contributed by atoms with E-state index in [0.717, 1.165) is 19.5 Å². The first-order valence-corrected chi connectivity index (χ1v) is 6.26. The van der Waals surface area contributed by atoms with Crippen LogP contribution in [0.5, 0.6) is 0 Å². The Hall–Kier alpha value is -0.800. The van der Waals surface area contributed by atoms with Crippen LogP contribution in [0, 0.1) is 13.8 Å². The molecule has 0 aliphatic carbocycles. The zero-order valence-corrected chi connectivity index (χ0v) is 10.6. The van der Waals surface area contributed by atoms with Crippen LogP contribution in [-0.4, -0.2) is 42.1 Å². The van der Waals surface area contributed by atoms with Gasteiger partial charge in [-0.1, -0.05) is 0 Å². The van der Waals surface area contributed by atoms with Crippen LogP contribution in [0.3, 0.4) is 0 Å². The molecule has 1 unspecified atom stereocenters. The van der Waals surface area contributed by atoms with Gasteiger partial charge in [-0.25, -0.2) is 0 Å².